The lowest BCUT2D eigenvalue weighted by atomic mass is 9.90. The van der Waals surface area contributed by atoms with Gasteiger partial charge in [0.25, 0.3) is 11.8 Å². The Morgan fingerprint density at radius 2 is 1.81 bits per heavy atom. The molecule has 1 atom stereocenters. The zero-order valence-corrected chi connectivity index (χ0v) is 22.9. The number of rotatable bonds is 8. The van der Waals surface area contributed by atoms with Crippen LogP contribution in [0.3, 0.4) is 0 Å². The van der Waals surface area contributed by atoms with Gasteiger partial charge in [0.2, 0.25) is 0 Å². The number of nitrogens with zero attached hydrogens (tertiary/aromatic N) is 2. The largest absolute Gasteiger partial charge is 0.483 e. The number of carbonyl (C=O) groups excluding carboxylic acids is 2. The van der Waals surface area contributed by atoms with E-state index < -0.39 is 0 Å². The van der Waals surface area contributed by atoms with Gasteiger partial charge in [0, 0.05) is 16.6 Å². The van der Waals surface area contributed by atoms with Crippen LogP contribution in [0.1, 0.15) is 42.4 Å². The average molecular weight is 559 g/mol. The number of nitrogens with one attached hydrogen (secondary N) is 1. The maximum absolute atomic E-state index is 12.9. The zero-order valence-electron chi connectivity index (χ0n) is 20.6. The molecule has 3 aromatic rings. The van der Waals surface area contributed by atoms with Crippen LogP contribution < -0.4 is 15.1 Å². The number of halogens is 3. The molecule has 0 spiro atoms. The number of anilines is 2. The van der Waals surface area contributed by atoms with Gasteiger partial charge < -0.3 is 10.1 Å². The minimum absolute atomic E-state index is 0.107. The third-order valence-corrected chi connectivity index (χ3v) is 6.86. The minimum atomic E-state index is -0.267. The van der Waals surface area contributed by atoms with Gasteiger partial charge in [-0.1, -0.05) is 71.6 Å². The first-order valence-corrected chi connectivity index (χ1v) is 12.9. The van der Waals surface area contributed by atoms with Crippen LogP contribution in [0.25, 0.3) is 0 Å². The summed E-state index contributed by atoms with van der Waals surface area (Å²) < 4.78 is 5.69. The van der Waals surface area contributed by atoms with Crippen molar-refractivity contribution in [2.45, 2.75) is 39.5 Å². The van der Waals surface area contributed by atoms with E-state index in [1.54, 1.807) is 0 Å². The van der Waals surface area contributed by atoms with Gasteiger partial charge in [0.15, 0.2) is 6.61 Å². The van der Waals surface area contributed by atoms with Gasteiger partial charge in [-0.2, -0.15) is 10.1 Å². The average Bonchev–Trinajstić information content (AvgIpc) is 3.19. The molecule has 6 nitrogen and oxygen atoms in total. The predicted octanol–water partition coefficient (Wildman–Crippen LogP) is 7.57. The number of carbonyl (C=O) groups is 2. The monoisotopic (exact) mass is 557 g/mol. The second-order valence-corrected chi connectivity index (χ2v) is 10.1. The number of amides is 2. The van der Waals surface area contributed by atoms with E-state index in [9.17, 15) is 9.59 Å². The zero-order chi connectivity index (χ0) is 26.7. The van der Waals surface area contributed by atoms with E-state index in [4.69, 9.17) is 39.5 Å². The number of hydrogen-bond acceptors (Lipinski definition) is 4. The van der Waals surface area contributed by atoms with E-state index in [0.29, 0.717) is 34.3 Å². The second kappa shape index (κ2) is 11.5. The molecule has 1 N–H and O–H groups in total. The molecule has 1 heterocycles. The van der Waals surface area contributed by atoms with Crippen LogP contribution in [0.4, 0.5) is 11.4 Å². The van der Waals surface area contributed by atoms with E-state index in [1.807, 2.05) is 63.2 Å². The summed E-state index contributed by atoms with van der Waals surface area (Å²) in [6.07, 6.45) is 0.837. The summed E-state index contributed by atoms with van der Waals surface area (Å²) in [6.45, 7) is 5.86. The summed E-state index contributed by atoms with van der Waals surface area (Å²) in [6, 6.07) is 16.4. The quantitative estimate of drug-likeness (QED) is 0.310. The lowest BCUT2D eigenvalue weighted by Gasteiger charge is -2.17. The predicted molar refractivity (Wildman–Crippen MR) is 151 cm³/mol. The maximum atomic E-state index is 12.9. The van der Waals surface area contributed by atoms with Gasteiger partial charge in [-0.25, -0.2) is 0 Å². The number of hydrogen-bond donors (Lipinski definition) is 1. The van der Waals surface area contributed by atoms with Crippen molar-refractivity contribution in [1.29, 1.82) is 0 Å². The second-order valence-electron chi connectivity index (χ2n) is 8.88. The molecule has 3 aromatic carbocycles. The molecular formula is C28H26Cl3N3O3. The molecule has 0 aliphatic carbocycles. The van der Waals surface area contributed by atoms with Gasteiger partial charge in [0.05, 0.1) is 22.2 Å². The topological polar surface area (TPSA) is 71.0 Å². The highest BCUT2D eigenvalue weighted by Gasteiger charge is 2.32. The van der Waals surface area contributed by atoms with Gasteiger partial charge in [-0.15, -0.1) is 0 Å². The molecule has 0 aromatic heterocycles. The van der Waals surface area contributed by atoms with Crippen molar-refractivity contribution in [3.63, 3.8) is 0 Å². The first-order chi connectivity index (χ1) is 17.7. The van der Waals surface area contributed by atoms with Crippen LogP contribution in [0.5, 0.6) is 5.75 Å². The van der Waals surface area contributed by atoms with Crippen molar-refractivity contribution in [2.75, 3.05) is 16.9 Å². The smallest absolute Gasteiger partial charge is 0.262 e. The summed E-state index contributed by atoms with van der Waals surface area (Å²) in [7, 11) is 0. The molecule has 1 aliphatic heterocycles. The van der Waals surface area contributed by atoms with Crippen LogP contribution >= 0.6 is 34.8 Å². The van der Waals surface area contributed by atoms with Crippen LogP contribution in [0.15, 0.2) is 59.7 Å². The lowest BCUT2D eigenvalue weighted by molar-refractivity contribution is -0.118. The van der Waals surface area contributed by atoms with Gasteiger partial charge in [-0.3, -0.25) is 9.59 Å². The summed E-state index contributed by atoms with van der Waals surface area (Å²) in [5.41, 5.74) is 4.67. The molecule has 0 bridgehead atoms. The molecule has 2 amide bonds. The van der Waals surface area contributed by atoms with Crippen molar-refractivity contribution in [1.82, 2.24) is 0 Å². The molecular weight excluding hydrogens is 533 g/mol. The Kier molecular flexibility index (Phi) is 8.42. The fraction of sp³-hybridized carbons (Fsp3) is 0.250. The Morgan fingerprint density at radius 3 is 2.49 bits per heavy atom. The Labute approximate surface area is 231 Å². The third kappa shape index (κ3) is 6.27. The summed E-state index contributed by atoms with van der Waals surface area (Å²) >= 11 is 18.7. The Morgan fingerprint density at radius 1 is 1.08 bits per heavy atom. The highest BCUT2D eigenvalue weighted by molar-refractivity contribution is 6.42. The summed E-state index contributed by atoms with van der Waals surface area (Å²) in [5.74, 6) is 0.0429. The van der Waals surface area contributed by atoms with Crippen LogP contribution in [-0.4, -0.2) is 24.1 Å². The van der Waals surface area contributed by atoms with E-state index >= 15 is 0 Å². The third-order valence-electron chi connectivity index (χ3n) is 6.06. The Hall–Kier alpha value is -3.06. The van der Waals surface area contributed by atoms with Crippen LogP contribution in [0, 0.1) is 13.8 Å². The molecule has 1 aliphatic rings. The van der Waals surface area contributed by atoms with Gasteiger partial charge in [0.1, 0.15) is 11.4 Å². The first-order valence-electron chi connectivity index (χ1n) is 11.8. The van der Waals surface area contributed by atoms with E-state index in [-0.39, 0.29) is 40.8 Å². The summed E-state index contributed by atoms with van der Waals surface area (Å²) in [4.78, 5) is 25.4. The molecule has 0 saturated carbocycles. The fourth-order valence-corrected chi connectivity index (χ4v) is 5.33. The Balaban J connectivity index is 1.49. The molecule has 37 heavy (non-hydrogen) atoms. The lowest BCUT2D eigenvalue weighted by Crippen LogP contribution is -2.21. The first kappa shape index (κ1) is 27.0. The van der Waals surface area contributed by atoms with Gasteiger partial charge in [-0.05, 0) is 61.7 Å². The van der Waals surface area contributed by atoms with E-state index in [1.165, 1.54) is 17.1 Å². The molecule has 0 radical (unpaired) electrons. The minimum Gasteiger partial charge on any atom is -0.483 e. The van der Waals surface area contributed by atoms with E-state index in [2.05, 4.69) is 10.4 Å². The van der Waals surface area contributed by atoms with Crippen LogP contribution in [0.2, 0.25) is 15.1 Å². The molecule has 4 rings (SSSR count). The highest BCUT2D eigenvalue weighted by atomic mass is 35.5. The van der Waals surface area contributed by atoms with Crippen molar-refractivity contribution in [3.8, 4) is 5.75 Å². The number of benzene rings is 3. The number of aryl methyl sites for hydroxylation is 2. The van der Waals surface area contributed by atoms with Gasteiger partial charge >= 0.3 is 0 Å². The summed E-state index contributed by atoms with van der Waals surface area (Å²) in [5, 5.41) is 9.59. The van der Waals surface area contributed by atoms with Crippen LogP contribution in [-0.2, 0) is 9.59 Å². The molecule has 9 heteroatoms. The normalized spacial score (nSPS) is 13.9. The van der Waals surface area contributed by atoms with Crippen molar-refractivity contribution in [2.24, 2.45) is 5.10 Å². The molecule has 1 unspecified atom stereocenters. The van der Waals surface area contributed by atoms with Crippen molar-refractivity contribution >= 4 is 63.7 Å². The molecule has 0 fully saturated rings. The van der Waals surface area contributed by atoms with Crippen molar-refractivity contribution in [3.05, 3.63) is 86.4 Å². The number of hydrazone groups is 1. The maximum Gasteiger partial charge on any atom is 0.262 e. The highest BCUT2D eigenvalue weighted by Crippen LogP contribution is 2.39. The molecule has 192 valence electrons. The van der Waals surface area contributed by atoms with E-state index in [0.717, 1.165) is 16.7 Å². The Bertz CT molecular complexity index is 1370. The van der Waals surface area contributed by atoms with Crippen molar-refractivity contribution < 1.29 is 14.3 Å². The SMILES string of the molecule is CCC(C1=NN(c2c(Cl)cc(Cl)cc2Cl)C(=O)C1)c1cccc(NC(=O)COc2ccc(C)cc2C)c1. The standard InChI is InChI=1S/C28H26Cl3N3O3/c1-4-21(24-14-27(36)34(33-24)28-22(30)12-19(29)13-23(28)31)18-6-5-7-20(11-18)32-26(35)15-37-25-9-8-16(2)10-17(25)3/h5-13,21H,4,14-15H2,1-3H3,(H,32,35). The fourth-order valence-electron chi connectivity index (χ4n) is 4.35. The number of ether oxygens (including phenoxy) is 1. The molecule has 0 saturated heterocycles.